The van der Waals surface area contributed by atoms with Crippen molar-refractivity contribution in [2.24, 2.45) is 10.8 Å². The topological polar surface area (TPSA) is 216 Å². The Bertz CT molecular complexity index is 2790. The summed E-state index contributed by atoms with van der Waals surface area (Å²) in [7, 11) is 0.861. The molecule has 78 heavy (non-hydrogen) atoms. The van der Waals surface area contributed by atoms with Crippen molar-refractivity contribution < 1.29 is 74.0 Å². The third-order valence-corrected chi connectivity index (χ3v) is 14.5. The number of benzene rings is 2. The van der Waals surface area contributed by atoms with Gasteiger partial charge in [0.15, 0.2) is 0 Å². The minimum Gasteiger partial charge on any atom is -0.465 e. The number of fused-ring (bicyclic) bond motifs is 2. The number of carboxylic acid groups (broad SMARTS) is 1. The van der Waals surface area contributed by atoms with Crippen molar-refractivity contribution in [1.82, 2.24) is 46.0 Å². The molecule has 2 aromatic heterocycles. The van der Waals surface area contributed by atoms with Crippen LogP contribution in [0.5, 0.6) is 0 Å². The lowest BCUT2D eigenvalue weighted by molar-refractivity contribution is -0.221. The first-order valence-electron chi connectivity index (χ1n) is 24.8. The monoisotopic (exact) mass is 1100 g/mol. The van der Waals surface area contributed by atoms with Gasteiger partial charge in [-0.1, -0.05) is 48.2 Å². The van der Waals surface area contributed by atoms with E-state index in [0.29, 0.717) is 72.8 Å². The Morgan fingerprint density at radius 2 is 1.36 bits per heavy atom. The van der Waals surface area contributed by atoms with E-state index < -0.39 is 91.1 Å². The summed E-state index contributed by atoms with van der Waals surface area (Å²) in [5.74, 6) is 3.99. The fourth-order valence-electron chi connectivity index (χ4n) is 9.53. The molecule has 7 rings (SSSR count). The number of pyridine rings is 1. The number of ether oxygens (including phenoxy) is 2. The van der Waals surface area contributed by atoms with E-state index in [4.69, 9.17) is 9.72 Å². The number of aliphatic hydroxyl groups excluding tert-OH is 1. The van der Waals surface area contributed by atoms with Crippen LogP contribution in [-0.2, 0) is 32.0 Å². The number of amides is 4. The maximum atomic E-state index is 14.5. The number of aromatic nitrogens is 3. The van der Waals surface area contributed by atoms with Crippen LogP contribution in [0.4, 0.5) is 50.5 Å². The van der Waals surface area contributed by atoms with Crippen LogP contribution < -0.4 is 26.3 Å². The molecule has 2 aromatic carbocycles. The van der Waals surface area contributed by atoms with Gasteiger partial charge < -0.3 is 40.5 Å². The van der Waals surface area contributed by atoms with Gasteiger partial charge in [-0.05, 0) is 88.4 Å². The second-order valence-electron chi connectivity index (χ2n) is 20.6. The number of hydrogen-bond donors (Lipinski definition) is 6. The zero-order chi connectivity index (χ0) is 56.9. The Balaban J connectivity index is 1.15. The zero-order valence-corrected chi connectivity index (χ0v) is 43.0. The van der Waals surface area contributed by atoms with Gasteiger partial charge >= 0.3 is 31.1 Å². The molecule has 3 fully saturated rings. The quantitative estimate of drug-likeness (QED) is 0.0348. The Morgan fingerprint density at radius 3 is 1.87 bits per heavy atom. The first kappa shape index (κ1) is 58.6. The van der Waals surface area contributed by atoms with Gasteiger partial charge in [-0.25, -0.2) is 24.3 Å². The lowest BCUT2D eigenvalue weighted by atomic mass is 9.82. The highest BCUT2D eigenvalue weighted by Gasteiger charge is 2.57. The number of piperazine rings is 1. The van der Waals surface area contributed by atoms with Gasteiger partial charge in [0.2, 0.25) is 5.91 Å². The molecule has 18 nitrogen and oxygen atoms in total. The summed E-state index contributed by atoms with van der Waals surface area (Å²) in [6.45, 7) is 1.51. The van der Waals surface area contributed by atoms with Gasteiger partial charge in [-0.3, -0.25) is 19.9 Å². The van der Waals surface area contributed by atoms with Gasteiger partial charge in [-0.15, -0.1) is 0 Å². The fourth-order valence-corrected chi connectivity index (χ4v) is 9.53. The second-order valence-corrected chi connectivity index (χ2v) is 20.6. The third kappa shape index (κ3) is 13.8. The summed E-state index contributed by atoms with van der Waals surface area (Å²) in [5.41, 5.74) is -1.49. The number of hydrazine groups is 1. The molecule has 422 valence electrons. The molecule has 0 radical (unpaired) electrons. The van der Waals surface area contributed by atoms with E-state index in [9.17, 15) is 64.5 Å². The van der Waals surface area contributed by atoms with Crippen LogP contribution in [0.1, 0.15) is 69.3 Å². The Kier molecular flexibility index (Phi) is 17.9. The molecule has 0 aliphatic carbocycles. The van der Waals surface area contributed by atoms with Crippen molar-refractivity contribution in [1.29, 1.82) is 0 Å². The smallest absolute Gasteiger partial charge is 0.407 e. The summed E-state index contributed by atoms with van der Waals surface area (Å²) >= 11 is 0. The van der Waals surface area contributed by atoms with Crippen LogP contribution in [0.25, 0.3) is 11.3 Å². The summed E-state index contributed by atoms with van der Waals surface area (Å²) < 4.78 is 124. The van der Waals surface area contributed by atoms with E-state index >= 15 is 0 Å². The highest BCUT2D eigenvalue weighted by molar-refractivity contribution is 5.87. The second kappa shape index (κ2) is 23.9. The van der Waals surface area contributed by atoms with Crippen molar-refractivity contribution in [2.75, 3.05) is 44.9 Å². The summed E-state index contributed by atoms with van der Waals surface area (Å²) in [6.07, 6.45) is -11.0. The molecule has 5 heterocycles. The maximum Gasteiger partial charge on any atom is 0.407 e. The summed E-state index contributed by atoms with van der Waals surface area (Å²) in [4.78, 5) is 61.7. The van der Waals surface area contributed by atoms with E-state index in [0.717, 1.165) is 63.3 Å². The number of hydrogen-bond acceptors (Lipinski definition) is 12. The first-order valence-corrected chi connectivity index (χ1v) is 24.8. The van der Waals surface area contributed by atoms with Crippen molar-refractivity contribution in [3.8, 4) is 23.1 Å². The molecule has 3 saturated heterocycles. The fraction of sp³-hybridized carbons (Fsp3) is 0.500. The van der Waals surface area contributed by atoms with Gasteiger partial charge in [0.25, 0.3) is 5.91 Å². The van der Waals surface area contributed by atoms with Crippen molar-refractivity contribution in [2.45, 2.75) is 115 Å². The first-order chi connectivity index (χ1) is 36.6. The van der Waals surface area contributed by atoms with E-state index in [2.05, 4.69) is 42.2 Å². The number of nitrogens with one attached hydrogen (secondary N) is 4. The molecule has 6 unspecified atom stereocenters. The Labute approximate surface area is 443 Å². The normalized spacial score (nSPS) is 18.7. The van der Waals surface area contributed by atoms with Crippen LogP contribution in [0, 0.1) is 22.7 Å². The minimum absolute atomic E-state index is 0.140. The molecule has 3 aliphatic heterocycles. The molecule has 6 N–H and O–H groups in total. The van der Waals surface area contributed by atoms with Gasteiger partial charge in [0, 0.05) is 67.3 Å². The van der Waals surface area contributed by atoms with Gasteiger partial charge in [0.05, 0.1) is 55.0 Å². The van der Waals surface area contributed by atoms with Crippen LogP contribution in [0.3, 0.4) is 0 Å². The average Bonchev–Trinajstić information content (AvgIpc) is 4.03. The number of halogens is 8. The molecular formula is C52H60F8N10O8. The molecule has 2 bridgehead atoms. The lowest BCUT2D eigenvalue weighted by Crippen LogP contribution is -2.63. The maximum absolute atomic E-state index is 14.5. The minimum atomic E-state index is -5.16. The number of rotatable bonds is 19. The number of aliphatic hydroxyl groups is 1. The van der Waals surface area contributed by atoms with E-state index in [1.54, 1.807) is 35.8 Å². The van der Waals surface area contributed by atoms with Crippen molar-refractivity contribution in [3.05, 3.63) is 101 Å². The molecule has 6 atom stereocenters. The van der Waals surface area contributed by atoms with E-state index in [1.807, 2.05) is 17.4 Å². The molecule has 0 saturated carbocycles. The molecule has 26 heteroatoms. The van der Waals surface area contributed by atoms with Crippen molar-refractivity contribution in [3.63, 3.8) is 0 Å². The van der Waals surface area contributed by atoms with Crippen LogP contribution in [0.2, 0.25) is 0 Å². The number of alkyl carbamates (subject to hydrolysis) is 1. The van der Waals surface area contributed by atoms with Gasteiger partial charge in [-0.2, -0.15) is 40.2 Å². The molecule has 4 amide bonds. The number of carbonyl (C=O) groups is 4. The van der Waals surface area contributed by atoms with Crippen LogP contribution in [-0.4, -0.2) is 154 Å². The van der Waals surface area contributed by atoms with E-state index in [1.165, 1.54) is 30.3 Å². The lowest BCUT2D eigenvalue weighted by Gasteiger charge is -2.47. The number of anilines is 1. The number of alkyl halides is 8. The Morgan fingerprint density at radius 1 is 0.782 bits per heavy atom. The van der Waals surface area contributed by atoms with E-state index in [-0.39, 0.29) is 17.7 Å². The summed E-state index contributed by atoms with van der Waals surface area (Å²) in [6, 6.07) is 12.1. The highest BCUT2D eigenvalue weighted by atomic mass is 19.4. The van der Waals surface area contributed by atoms with Gasteiger partial charge in [0.1, 0.15) is 17.9 Å². The largest absolute Gasteiger partial charge is 0.465 e. The SMILES string of the molecule is COC(=O)NC(C(=O)NC(Cc1ccc(C#Cc2ccc(N3CC4CCC(C3)N4C3COC3)nc2)cc1)C(O)CN(Cc1ccc(-c2ccn(C(F)F)n2)cc1)NC(=O)C(NC(=O)O)C(C)(C)C(F)(F)F)C(C)(C)C(F)(F)F. The number of carbonyl (C=O) groups excluding carboxylic acids is 3. The van der Waals surface area contributed by atoms with Crippen molar-refractivity contribution >= 4 is 29.8 Å². The predicted octanol–water partition coefficient (Wildman–Crippen LogP) is 6.25. The molecule has 4 aromatic rings. The highest BCUT2D eigenvalue weighted by Crippen LogP contribution is 2.42. The predicted molar refractivity (Wildman–Crippen MR) is 265 cm³/mol. The molecular weight excluding hydrogens is 1040 g/mol. The standard InChI is InChI=1S/C52H60F8N10O8/c1-49(2,51(55,56)57)42(64-48(76)77-5)44(72)62-39(22-31-9-6-30(7-10-31)8-11-32-14-19-41(61-23-32)67-25-35-17-18-36(26-67)70(35)37-28-78-29-37)40(71)27-68(66-45(73)43(63-47(74)75)50(3,4)52(58,59)60)24-33-12-15-34(16-13-33)38-20-21-69(65-38)46(53)54/h6-7,9-10,12-16,19-21,23,35-37,39-40,42-43,46,63,71H,17-18,22,24-29H2,1-5H3,(H,62,72)(H,64,76)(H,66,73)(H,74,75). The van der Waals surface area contributed by atoms with Crippen LogP contribution >= 0.6 is 0 Å². The Hall–Kier alpha value is -7.08. The number of methoxy groups -OCH3 is 1. The summed E-state index contributed by atoms with van der Waals surface area (Å²) in [5, 5.41) is 32.2. The van der Waals surface area contributed by atoms with Crippen LogP contribution in [0.15, 0.2) is 79.1 Å². The molecule has 0 spiro atoms. The molecule has 3 aliphatic rings. The third-order valence-electron chi connectivity index (χ3n) is 14.5. The zero-order valence-electron chi connectivity index (χ0n) is 43.0. The number of nitrogens with zero attached hydrogens (tertiary/aromatic N) is 6. The average molecular weight is 1110 g/mol.